The molecule has 0 saturated heterocycles. The molecule has 1 amide bonds. The van der Waals surface area contributed by atoms with E-state index in [1.54, 1.807) is 12.1 Å². The molecule has 0 spiro atoms. The zero-order chi connectivity index (χ0) is 16.9. The number of hydrogen-bond acceptors (Lipinski definition) is 1. The van der Waals surface area contributed by atoms with Gasteiger partial charge in [0, 0.05) is 28.7 Å². The number of unbranched alkanes of at least 4 members (excludes halogenated alkanes) is 1. The molecule has 0 aliphatic carbocycles. The maximum Gasteiger partial charge on any atom is 0.254 e. The van der Waals surface area contributed by atoms with Gasteiger partial charge in [-0.05, 0) is 55.2 Å². The second-order valence-corrected chi connectivity index (χ2v) is 6.13. The van der Waals surface area contributed by atoms with E-state index >= 15 is 0 Å². The van der Waals surface area contributed by atoms with E-state index in [9.17, 15) is 9.18 Å². The van der Waals surface area contributed by atoms with E-state index in [1.807, 2.05) is 24.4 Å². The number of hydrogen-bond donors (Lipinski definition) is 2. The molecule has 1 aromatic heterocycles. The predicted molar refractivity (Wildman–Crippen MR) is 95.0 cm³/mol. The number of halogens is 2. The fourth-order valence-corrected chi connectivity index (χ4v) is 2.91. The van der Waals surface area contributed by atoms with Crippen molar-refractivity contribution in [1.82, 2.24) is 10.3 Å². The molecule has 2 aromatic carbocycles. The normalized spacial score (nSPS) is 10.9. The monoisotopic (exact) mass is 344 g/mol. The Morgan fingerprint density at radius 1 is 1.17 bits per heavy atom. The summed E-state index contributed by atoms with van der Waals surface area (Å²) in [7, 11) is 0. The van der Waals surface area contributed by atoms with Gasteiger partial charge in [-0.1, -0.05) is 23.7 Å². The summed E-state index contributed by atoms with van der Waals surface area (Å²) in [4.78, 5) is 15.1. The highest BCUT2D eigenvalue weighted by Gasteiger charge is 2.09. The molecular formula is C19H18ClFN2O. The van der Waals surface area contributed by atoms with Crippen molar-refractivity contribution in [1.29, 1.82) is 0 Å². The van der Waals surface area contributed by atoms with Gasteiger partial charge in [0.05, 0.1) is 5.56 Å². The van der Waals surface area contributed by atoms with Gasteiger partial charge in [0.1, 0.15) is 5.82 Å². The number of H-pyrrole nitrogens is 1. The van der Waals surface area contributed by atoms with Crippen LogP contribution in [0.15, 0.2) is 48.7 Å². The fourth-order valence-electron chi connectivity index (χ4n) is 2.74. The number of aromatic nitrogens is 1. The first-order valence-corrected chi connectivity index (χ1v) is 8.31. The molecule has 0 saturated carbocycles. The highest BCUT2D eigenvalue weighted by Crippen LogP contribution is 2.23. The lowest BCUT2D eigenvalue weighted by Gasteiger charge is -2.06. The Morgan fingerprint density at radius 3 is 2.83 bits per heavy atom. The first-order chi connectivity index (χ1) is 11.6. The Hall–Kier alpha value is -2.33. The molecule has 0 fully saturated rings. The van der Waals surface area contributed by atoms with Gasteiger partial charge in [-0.15, -0.1) is 0 Å². The Morgan fingerprint density at radius 2 is 2.00 bits per heavy atom. The fraction of sp³-hybridized carbons (Fsp3) is 0.211. The third-order valence-electron chi connectivity index (χ3n) is 4.01. The maximum atomic E-state index is 13.5. The summed E-state index contributed by atoms with van der Waals surface area (Å²) in [6, 6.07) is 11.8. The molecule has 3 rings (SSSR count). The average Bonchev–Trinajstić information content (AvgIpc) is 2.97. The van der Waals surface area contributed by atoms with E-state index < -0.39 is 5.82 Å². The highest BCUT2D eigenvalue weighted by atomic mass is 35.5. The molecular weight excluding hydrogens is 327 g/mol. The van der Waals surface area contributed by atoms with E-state index in [2.05, 4.69) is 10.3 Å². The van der Waals surface area contributed by atoms with Crippen molar-refractivity contribution in [2.24, 2.45) is 0 Å². The van der Waals surface area contributed by atoms with Crippen molar-refractivity contribution in [3.63, 3.8) is 0 Å². The van der Waals surface area contributed by atoms with Gasteiger partial charge in [-0.25, -0.2) is 4.39 Å². The number of amides is 1. The van der Waals surface area contributed by atoms with Crippen molar-refractivity contribution in [3.8, 4) is 0 Å². The zero-order valence-corrected chi connectivity index (χ0v) is 13.9. The second kappa shape index (κ2) is 7.49. The van der Waals surface area contributed by atoms with E-state index in [1.165, 1.54) is 17.7 Å². The number of fused-ring (bicyclic) bond motifs is 1. The molecule has 0 unspecified atom stereocenters. The summed E-state index contributed by atoms with van der Waals surface area (Å²) >= 11 is 6.05. The largest absolute Gasteiger partial charge is 0.361 e. The quantitative estimate of drug-likeness (QED) is 0.625. The second-order valence-electron chi connectivity index (χ2n) is 5.70. The van der Waals surface area contributed by atoms with Crippen LogP contribution in [0.4, 0.5) is 4.39 Å². The molecule has 0 aliphatic heterocycles. The number of aryl methyl sites for hydroxylation is 1. The molecule has 0 atom stereocenters. The van der Waals surface area contributed by atoms with Crippen LogP contribution in [0.3, 0.4) is 0 Å². The first kappa shape index (κ1) is 16.5. The molecule has 5 heteroatoms. The van der Waals surface area contributed by atoms with Gasteiger partial charge >= 0.3 is 0 Å². The van der Waals surface area contributed by atoms with E-state index in [0.717, 1.165) is 35.2 Å². The number of nitrogens with one attached hydrogen (secondary N) is 2. The van der Waals surface area contributed by atoms with Crippen LogP contribution < -0.4 is 5.32 Å². The molecule has 0 radical (unpaired) electrons. The number of benzene rings is 2. The lowest BCUT2D eigenvalue weighted by Crippen LogP contribution is -2.25. The van der Waals surface area contributed by atoms with E-state index in [4.69, 9.17) is 11.6 Å². The van der Waals surface area contributed by atoms with Crippen molar-refractivity contribution in [2.75, 3.05) is 6.54 Å². The number of carbonyl (C=O) groups is 1. The molecule has 0 aliphatic rings. The van der Waals surface area contributed by atoms with Crippen molar-refractivity contribution in [2.45, 2.75) is 19.3 Å². The third-order valence-corrected chi connectivity index (χ3v) is 4.24. The Kier molecular flexibility index (Phi) is 5.16. The average molecular weight is 345 g/mol. The molecule has 3 aromatic rings. The summed E-state index contributed by atoms with van der Waals surface area (Å²) in [5.74, 6) is -0.863. The number of carbonyl (C=O) groups excluding carboxylic acids is 1. The van der Waals surface area contributed by atoms with Gasteiger partial charge in [0.15, 0.2) is 0 Å². The minimum absolute atomic E-state index is 0.0868. The van der Waals surface area contributed by atoms with E-state index in [-0.39, 0.29) is 11.5 Å². The number of aromatic amines is 1. The molecule has 2 N–H and O–H groups in total. The highest BCUT2D eigenvalue weighted by molar-refractivity contribution is 6.31. The smallest absolute Gasteiger partial charge is 0.254 e. The Labute approximate surface area is 144 Å². The Bertz CT molecular complexity index is 859. The van der Waals surface area contributed by atoms with Crippen LogP contribution >= 0.6 is 11.6 Å². The van der Waals surface area contributed by atoms with Gasteiger partial charge in [0.2, 0.25) is 0 Å². The van der Waals surface area contributed by atoms with Gasteiger partial charge in [-0.2, -0.15) is 0 Å². The lowest BCUT2D eigenvalue weighted by molar-refractivity contribution is 0.0949. The SMILES string of the molecule is O=C(NCCCCc1c[nH]c2ccc(Cl)cc12)c1ccccc1F. The van der Waals surface area contributed by atoms with E-state index in [0.29, 0.717) is 6.54 Å². The first-order valence-electron chi connectivity index (χ1n) is 7.93. The molecule has 24 heavy (non-hydrogen) atoms. The van der Waals surface area contributed by atoms with Gasteiger partial charge < -0.3 is 10.3 Å². The molecule has 3 nitrogen and oxygen atoms in total. The Balaban J connectivity index is 1.48. The minimum Gasteiger partial charge on any atom is -0.361 e. The van der Waals surface area contributed by atoms with Crippen LogP contribution in [0.5, 0.6) is 0 Å². The van der Waals surface area contributed by atoms with Gasteiger partial charge in [-0.3, -0.25) is 4.79 Å². The topological polar surface area (TPSA) is 44.9 Å². The minimum atomic E-state index is -0.495. The van der Waals surface area contributed by atoms with Crippen LogP contribution in [0, 0.1) is 5.82 Å². The third kappa shape index (κ3) is 3.77. The molecule has 0 bridgehead atoms. The predicted octanol–water partition coefficient (Wildman–Crippen LogP) is 4.71. The van der Waals surface area contributed by atoms with Crippen LogP contribution in [0.1, 0.15) is 28.8 Å². The van der Waals surface area contributed by atoms with Crippen molar-refractivity contribution >= 4 is 28.4 Å². The summed E-state index contributed by atoms with van der Waals surface area (Å²) in [6.07, 6.45) is 4.65. The maximum absolute atomic E-state index is 13.5. The lowest BCUT2D eigenvalue weighted by atomic mass is 10.1. The van der Waals surface area contributed by atoms with Crippen molar-refractivity contribution < 1.29 is 9.18 Å². The summed E-state index contributed by atoms with van der Waals surface area (Å²) in [5, 5.41) is 4.62. The molecule has 1 heterocycles. The van der Waals surface area contributed by atoms with Crippen LogP contribution in [0.2, 0.25) is 5.02 Å². The zero-order valence-electron chi connectivity index (χ0n) is 13.1. The van der Waals surface area contributed by atoms with Gasteiger partial charge in [0.25, 0.3) is 5.91 Å². The standard InChI is InChI=1S/C19H18ClFN2O/c20-14-8-9-18-16(11-14)13(12-23-18)5-3-4-10-22-19(24)15-6-1-2-7-17(15)21/h1-2,6-9,11-12,23H,3-5,10H2,(H,22,24). The van der Waals surface area contributed by atoms with Crippen LogP contribution in [-0.4, -0.2) is 17.4 Å². The van der Waals surface area contributed by atoms with Crippen LogP contribution in [0.25, 0.3) is 10.9 Å². The summed E-state index contributed by atoms with van der Waals surface area (Å²) < 4.78 is 13.5. The van der Waals surface area contributed by atoms with Crippen molar-refractivity contribution in [3.05, 3.63) is 70.6 Å². The van der Waals surface area contributed by atoms with Crippen LogP contribution in [-0.2, 0) is 6.42 Å². The number of rotatable bonds is 6. The summed E-state index contributed by atoms with van der Waals surface area (Å²) in [6.45, 7) is 0.524. The summed E-state index contributed by atoms with van der Waals surface area (Å²) in [5.41, 5.74) is 2.37. The molecule has 124 valence electrons.